The Bertz CT molecular complexity index is 955. The van der Waals surface area contributed by atoms with Crippen LogP contribution in [0.15, 0.2) is 29.3 Å². The van der Waals surface area contributed by atoms with E-state index in [1.807, 2.05) is 12.1 Å². The Hall–Kier alpha value is -2.22. The van der Waals surface area contributed by atoms with Gasteiger partial charge >= 0.3 is 0 Å². The van der Waals surface area contributed by atoms with Gasteiger partial charge in [-0.1, -0.05) is 30.9 Å². The summed E-state index contributed by atoms with van der Waals surface area (Å²) in [4.78, 5) is 11.4. The van der Waals surface area contributed by atoms with E-state index in [1.54, 1.807) is 6.92 Å². The van der Waals surface area contributed by atoms with E-state index in [-0.39, 0.29) is 18.4 Å². The number of pyridine rings is 1. The normalized spacial score (nSPS) is 24.1. The molecule has 4 rings (SSSR count). The van der Waals surface area contributed by atoms with Crippen molar-refractivity contribution in [1.29, 1.82) is 0 Å². The first-order chi connectivity index (χ1) is 15.4. The van der Waals surface area contributed by atoms with E-state index < -0.39 is 6.23 Å². The second kappa shape index (κ2) is 10.1. The average Bonchev–Trinajstić information content (AvgIpc) is 2.78. The molecule has 2 aliphatic rings. The maximum Gasteiger partial charge on any atom is 0.144 e. The summed E-state index contributed by atoms with van der Waals surface area (Å²) in [5.41, 5.74) is 9.10. The number of rotatable bonds is 6. The molecule has 2 fully saturated rings. The van der Waals surface area contributed by atoms with Gasteiger partial charge in [0, 0.05) is 43.1 Å². The number of amidine groups is 1. The summed E-state index contributed by atoms with van der Waals surface area (Å²) >= 11 is 0. The van der Waals surface area contributed by atoms with Crippen LogP contribution in [0.3, 0.4) is 0 Å². The molecule has 0 amide bonds. The molecular formula is C25H37N5O2. The average molecular weight is 440 g/mol. The van der Waals surface area contributed by atoms with Gasteiger partial charge in [0.2, 0.25) is 0 Å². The summed E-state index contributed by atoms with van der Waals surface area (Å²) in [5.74, 6) is 1.19. The Kier molecular flexibility index (Phi) is 7.28. The number of nitrogens with two attached hydrogens (primary N) is 1. The maximum absolute atomic E-state index is 10.2. The van der Waals surface area contributed by atoms with Crippen molar-refractivity contribution in [2.75, 3.05) is 24.6 Å². The summed E-state index contributed by atoms with van der Waals surface area (Å²) in [6.45, 7) is 5.33. The van der Waals surface area contributed by atoms with Crippen LogP contribution >= 0.6 is 0 Å². The second-order valence-electron chi connectivity index (χ2n) is 9.49. The Labute approximate surface area is 190 Å². The summed E-state index contributed by atoms with van der Waals surface area (Å²) in [6, 6.07) is 9.08. The topological polar surface area (TPSA) is 107 Å². The number of piperidine rings is 1. The number of aryl methyl sites for hydroxylation is 1. The lowest BCUT2D eigenvalue weighted by atomic mass is 9.89. The molecule has 1 saturated heterocycles. The lowest BCUT2D eigenvalue weighted by molar-refractivity contribution is 0.160. The Balaban J connectivity index is 1.62. The van der Waals surface area contributed by atoms with Crippen LogP contribution in [0.5, 0.6) is 0 Å². The fourth-order valence-electron chi connectivity index (χ4n) is 5.19. The van der Waals surface area contributed by atoms with E-state index in [0.29, 0.717) is 18.6 Å². The van der Waals surface area contributed by atoms with Crippen molar-refractivity contribution in [1.82, 2.24) is 10.3 Å². The van der Waals surface area contributed by atoms with Gasteiger partial charge in [0.1, 0.15) is 17.9 Å². The van der Waals surface area contributed by atoms with Gasteiger partial charge in [-0.3, -0.25) is 0 Å². The third kappa shape index (κ3) is 5.22. The van der Waals surface area contributed by atoms with Gasteiger partial charge in [0.25, 0.3) is 0 Å². The number of benzene rings is 1. The van der Waals surface area contributed by atoms with Crippen molar-refractivity contribution in [3.8, 4) is 0 Å². The highest BCUT2D eigenvalue weighted by molar-refractivity contribution is 6.04. The Morgan fingerprint density at radius 2 is 2.03 bits per heavy atom. The highest BCUT2D eigenvalue weighted by atomic mass is 16.3. The summed E-state index contributed by atoms with van der Waals surface area (Å²) in [5, 5.41) is 24.8. The molecular weight excluding hydrogens is 402 g/mol. The van der Waals surface area contributed by atoms with Gasteiger partial charge in [0.05, 0.1) is 11.1 Å². The highest BCUT2D eigenvalue weighted by Crippen LogP contribution is 2.29. The zero-order valence-electron chi connectivity index (χ0n) is 19.3. The van der Waals surface area contributed by atoms with Crippen molar-refractivity contribution in [3.63, 3.8) is 0 Å². The van der Waals surface area contributed by atoms with E-state index in [2.05, 4.69) is 34.3 Å². The van der Waals surface area contributed by atoms with Crippen LogP contribution in [-0.4, -0.2) is 59.0 Å². The lowest BCUT2D eigenvalue weighted by Crippen LogP contribution is -2.54. The molecule has 1 aromatic heterocycles. The van der Waals surface area contributed by atoms with Crippen LogP contribution in [0.1, 0.15) is 56.6 Å². The minimum Gasteiger partial charge on any atom is -0.396 e. The molecule has 7 nitrogen and oxygen atoms in total. The lowest BCUT2D eigenvalue weighted by Gasteiger charge is -2.41. The molecule has 2 heterocycles. The number of aliphatic imine (C=N–C) groups is 1. The standard InChI is InChI=1S/C25H37N5O2/c1-16-8-9-22-18(12-16)13-21(24(26)27-17(2)32)25(29-22)30-11-10-23(19(14-30)15-31)28-20-6-4-3-5-7-20/h8-9,12-13,17,19-20,23,28,31-32H,3-7,10-11,14-15H2,1-2H3,(H2,26,27). The number of aliphatic hydroxyl groups excluding tert-OH is 2. The van der Waals surface area contributed by atoms with Gasteiger partial charge < -0.3 is 26.2 Å². The van der Waals surface area contributed by atoms with E-state index >= 15 is 0 Å². The molecule has 2 aromatic rings. The fraction of sp³-hybridized carbons (Fsp3) is 0.600. The SMILES string of the molecule is Cc1ccc2nc(N3CCC(NC4CCCCC4)C(CO)C3)c(/C(N)=N/C(C)O)cc2c1. The van der Waals surface area contributed by atoms with E-state index in [1.165, 1.54) is 32.1 Å². The quantitative estimate of drug-likeness (QED) is 0.407. The number of nitrogens with one attached hydrogen (secondary N) is 1. The summed E-state index contributed by atoms with van der Waals surface area (Å²) in [6.07, 6.45) is 6.47. The maximum atomic E-state index is 10.2. The molecule has 32 heavy (non-hydrogen) atoms. The molecule has 0 spiro atoms. The van der Waals surface area contributed by atoms with Crippen molar-refractivity contribution < 1.29 is 10.2 Å². The molecule has 5 N–H and O–H groups in total. The van der Waals surface area contributed by atoms with E-state index in [4.69, 9.17) is 10.7 Å². The van der Waals surface area contributed by atoms with Gasteiger partial charge in [-0.15, -0.1) is 0 Å². The van der Waals surface area contributed by atoms with Crippen LogP contribution in [0.25, 0.3) is 10.9 Å². The third-order valence-corrected chi connectivity index (χ3v) is 6.87. The number of nitrogens with zero attached hydrogens (tertiary/aromatic N) is 3. The van der Waals surface area contributed by atoms with Crippen LogP contribution in [0, 0.1) is 12.8 Å². The fourth-order valence-corrected chi connectivity index (χ4v) is 5.19. The third-order valence-electron chi connectivity index (χ3n) is 6.87. The predicted octanol–water partition coefficient (Wildman–Crippen LogP) is 2.70. The van der Waals surface area contributed by atoms with Crippen molar-refractivity contribution >= 4 is 22.6 Å². The Morgan fingerprint density at radius 3 is 2.75 bits per heavy atom. The minimum atomic E-state index is -0.883. The highest BCUT2D eigenvalue weighted by Gasteiger charge is 2.32. The second-order valence-corrected chi connectivity index (χ2v) is 9.49. The van der Waals surface area contributed by atoms with Crippen LogP contribution in [0.4, 0.5) is 5.82 Å². The van der Waals surface area contributed by atoms with Gasteiger partial charge in [-0.25, -0.2) is 9.98 Å². The molecule has 3 atom stereocenters. The largest absolute Gasteiger partial charge is 0.396 e. The Morgan fingerprint density at radius 1 is 1.25 bits per heavy atom. The molecule has 0 radical (unpaired) electrons. The van der Waals surface area contributed by atoms with Crippen LogP contribution in [-0.2, 0) is 0 Å². The number of hydrogen-bond donors (Lipinski definition) is 4. The number of fused-ring (bicyclic) bond motifs is 1. The van der Waals surface area contributed by atoms with Crippen molar-refractivity contribution in [2.45, 2.75) is 70.7 Å². The molecule has 0 bridgehead atoms. The first kappa shape index (κ1) is 23.0. The van der Waals surface area contributed by atoms with E-state index in [0.717, 1.165) is 40.8 Å². The van der Waals surface area contributed by atoms with Crippen LogP contribution < -0.4 is 16.0 Å². The van der Waals surface area contributed by atoms with Gasteiger partial charge in [0.15, 0.2) is 0 Å². The molecule has 1 aromatic carbocycles. The van der Waals surface area contributed by atoms with Gasteiger partial charge in [-0.2, -0.15) is 0 Å². The number of aliphatic hydroxyl groups is 2. The number of hydrogen-bond acceptors (Lipinski definition) is 6. The molecule has 1 aliphatic heterocycles. The predicted molar refractivity (Wildman–Crippen MR) is 130 cm³/mol. The first-order valence-corrected chi connectivity index (χ1v) is 12.0. The van der Waals surface area contributed by atoms with Crippen molar-refractivity contribution in [3.05, 3.63) is 35.4 Å². The summed E-state index contributed by atoms with van der Waals surface area (Å²) in [7, 11) is 0. The number of anilines is 1. The van der Waals surface area contributed by atoms with Gasteiger partial charge in [-0.05, 0) is 51.3 Å². The smallest absolute Gasteiger partial charge is 0.144 e. The van der Waals surface area contributed by atoms with Crippen molar-refractivity contribution in [2.24, 2.45) is 16.6 Å². The number of aromatic nitrogens is 1. The molecule has 1 aliphatic carbocycles. The molecule has 174 valence electrons. The monoisotopic (exact) mass is 439 g/mol. The minimum absolute atomic E-state index is 0.129. The zero-order chi connectivity index (χ0) is 22.7. The first-order valence-electron chi connectivity index (χ1n) is 12.0. The van der Waals surface area contributed by atoms with Crippen LogP contribution in [0.2, 0.25) is 0 Å². The summed E-state index contributed by atoms with van der Waals surface area (Å²) < 4.78 is 0. The zero-order valence-corrected chi connectivity index (χ0v) is 19.3. The molecule has 3 unspecified atom stereocenters. The van der Waals surface area contributed by atoms with E-state index in [9.17, 15) is 10.2 Å². The molecule has 7 heteroatoms. The molecule has 1 saturated carbocycles.